The lowest BCUT2D eigenvalue weighted by Gasteiger charge is -2.49. The molecule has 0 amide bonds. The first-order chi connectivity index (χ1) is 5.43. The first-order valence-electron chi connectivity index (χ1n) is 4.73. The van der Waals surface area contributed by atoms with Crippen molar-refractivity contribution in [3.63, 3.8) is 0 Å². The van der Waals surface area contributed by atoms with Crippen molar-refractivity contribution < 1.29 is 0 Å². The fourth-order valence-corrected chi connectivity index (χ4v) is 2.03. The molecule has 0 N–H and O–H groups in total. The van der Waals surface area contributed by atoms with Crippen molar-refractivity contribution in [3.05, 3.63) is 6.42 Å². The quantitative estimate of drug-likeness (QED) is 0.562. The summed E-state index contributed by atoms with van der Waals surface area (Å²) in [5, 5.41) is 0. The molecule has 0 unspecified atom stereocenters. The standard InChI is InChI=1S/C9H15N2/c1-4-10(5-1)9-6-11(7-9)8-2-3-8/h1,8-9H,2-7H2. The van der Waals surface area contributed by atoms with Gasteiger partial charge in [-0.2, -0.15) is 0 Å². The fraction of sp³-hybridized carbons (Fsp3) is 0.889. The molecule has 3 aliphatic rings. The Kier molecular flexibility index (Phi) is 1.29. The highest BCUT2D eigenvalue weighted by atomic mass is 15.3. The maximum absolute atomic E-state index is 2.64. The average Bonchev–Trinajstić information content (AvgIpc) is 2.53. The van der Waals surface area contributed by atoms with Crippen LogP contribution in [0.5, 0.6) is 0 Å². The molecule has 3 rings (SSSR count). The summed E-state index contributed by atoms with van der Waals surface area (Å²) in [6, 6.07) is 1.91. The van der Waals surface area contributed by atoms with Gasteiger partial charge in [0.15, 0.2) is 0 Å². The molecular weight excluding hydrogens is 136 g/mol. The number of likely N-dealkylation sites (tertiary alicyclic amines) is 2. The third-order valence-electron chi connectivity index (χ3n) is 3.20. The SMILES string of the molecule is [CH]1CN(C2CN(C3CC3)C2)C1. The Balaban J connectivity index is 1.47. The third-order valence-corrected chi connectivity index (χ3v) is 3.20. The van der Waals surface area contributed by atoms with Crippen LogP contribution in [-0.2, 0) is 0 Å². The number of hydrogen-bond donors (Lipinski definition) is 0. The van der Waals surface area contributed by atoms with Crippen molar-refractivity contribution in [2.75, 3.05) is 26.2 Å². The van der Waals surface area contributed by atoms with E-state index in [0.717, 1.165) is 12.1 Å². The Morgan fingerprint density at radius 3 is 2.09 bits per heavy atom. The molecule has 3 fully saturated rings. The Labute approximate surface area is 68.2 Å². The van der Waals surface area contributed by atoms with Crippen LogP contribution in [0.25, 0.3) is 0 Å². The van der Waals surface area contributed by atoms with E-state index in [4.69, 9.17) is 0 Å². The summed E-state index contributed by atoms with van der Waals surface area (Å²) >= 11 is 0. The van der Waals surface area contributed by atoms with Gasteiger partial charge < -0.3 is 0 Å². The van der Waals surface area contributed by atoms with Crippen LogP contribution in [0, 0.1) is 6.42 Å². The number of rotatable bonds is 2. The zero-order valence-corrected chi connectivity index (χ0v) is 6.87. The summed E-state index contributed by atoms with van der Waals surface area (Å²) in [5.41, 5.74) is 0. The van der Waals surface area contributed by atoms with E-state index in [1.54, 1.807) is 0 Å². The minimum absolute atomic E-state index is 0.917. The molecule has 0 bridgehead atoms. The fourth-order valence-electron chi connectivity index (χ4n) is 2.03. The van der Waals surface area contributed by atoms with Crippen LogP contribution in [0.4, 0.5) is 0 Å². The molecule has 2 nitrogen and oxygen atoms in total. The first kappa shape index (κ1) is 6.44. The van der Waals surface area contributed by atoms with Crippen molar-refractivity contribution in [3.8, 4) is 0 Å². The molecule has 1 saturated carbocycles. The van der Waals surface area contributed by atoms with Gasteiger partial charge in [0.1, 0.15) is 0 Å². The summed E-state index contributed by atoms with van der Waals surface area (Å²) in [5.74, 6) is 0. The lowest BCUT2D eigenvalue weighted by molar-refractivity contribution is 0.0160. The molecule has 0 aromatic rings. The van der Waals surface area contributed by atoms with Gasteiger partial charge >= 0.3 is 0 Å². The lowest BCUT2D eigenvalue weighted by Crippen LogP contribution is -2.63. The van der Waals surface area contributed by atoms with Crippen molar-refractivity contribution in [1.29, 1.82) is 0 Å². The largest absolute Gasteiger partial charge is 0.297 e. The molecule has 0 aromatic heterocycles. The zero-order valence-electron chi connectivity index (χ0n) is 6.87. The Morgan fingerprint density at radius 2 is 1.64 bits per heavy atom. The van der Waals surface area contributed by atoms with E-state index in [2.05, 4.69) is 16.2 Å². The van der Waals surface area contributed by atoms with Crippen LogP contribution in [0.15, 0.2) is 0 Å². The Bertz CT molecular complexity index is 155. The van der Waals surface area contributed by atoms with Crippen molar-refractivity contribution in [2.24, 2.45) is 0 Å². The van der Waals surface area contributed by atoms with E-state index in [1.807, 2.05) is 0 Å². The summed E-state index contributed by atoms with van der Waals surface area (Å²) in [7, 11) is 0. The zero-order chi connectivity index (χ0) is 7.26. The molecule has 0 aromatic carbocycles. The molecule has 0 spiro atoms. The van der Waals surface area contributed by atoms with E-state index < -0.39 is 0 Å². The second kappa shape index (κ2) is 2.20. The molecule has 0 atom stereocenters. The van der Waals surface area contributed by atoms with Crippen LogP contribution in [-0.4, -0.2) is 48.1 Å². The third kappa shape index (κ3) is 1.00. The highest BCUT2D eigenvalue weighted by Crippen LogP contribution is 2.32. The highest BCUT2D eigenvalue weighted by Gasteiger charge is 2.41. The molecular formula is C9H15N2. The first-order valence-corrected chi connectivity index (χ1v) is 4.73. The van der Waals surface area contributed by atoms with Crippen molar-refractivity contribution >= 4 is 0 Å². The molecule has 61 valence electrons. The average molecular weight is 151 g/mol. The van der Waals surface area contributed by atoms with Gasteiger partial charge in [-0.25, -0.2) is 0 Å². The van der Waals surface area contributed by atoms with Gasteiger partial charge in [-0.05, 0) is 19.3 Å². The molecule has 1 aliphatic carbocycles. The smallest absolute Gasteiger partial charge is 0.0350 e. The van der Waals surface area contributed by atoms with Gasteiger partial charge in [0.25, 0.3) is 0 Å². The monoisotopic (exact) mass is 151 g/mol. The molecule has 2 saturated heterocycles. The van der Waals surface area contributed by atoms with Gasteiger partial charge in [0, 0.05) is 38.3 Å². The van der Waals surface area contributed by atoms with Crippen molar-refractivity contribution in [1.82, 2.24) is 9.80 Å². The minimum Gasteiger partial charge on any atom is -0.297 e. The summed E-state index contributed by atoms with van der Waals surface area (Å²) < 4.78 is 0. The van der Waals surface area contributed by atoms with Gasteiger partial charge in [-0.3, -0.25) is 9.80 Å². The van der Waals surface area contributed by atoms with Crippen LogP contribution in [0.1, 0.15) is 12.8 Å². The van der Waals surface area contributed by atoms with E-state index in [-0.39, 0.29) is 0 Å². The van der Waals surface area contributed by atoms with E-state index in [0.29, 0.717) is 0 Å². The molecule has 1 radical (unpaired) electrons. The van der Waals surface area contributed by atoms with E-state index in [1.165, 1.54) is 39.0 Å². The van der Waals surface area contributed by atoms with Gasteiger partial charge in [0.2, 0.25) is 0 Å². The van der Waals surface area contributed by atoms with Crippen LogP contribution in [0.2, 0.25) is 0 Å². The normalized spacial score (nSPS) is 34.9. The van der Waals surface area contributed by atoms with Crippen molar-refractivity contribution in [2.45, 2.75) is 24.9 Å². The summed E-state index contributed by atoms with van der Waals surface area (Å²) in [4.78, 5) is 5.22. The number of nitrogens with zero attached hydrogens (tertiary/aromatic N) is 2. The van der Waals surface area contributed by atoms with E-state index in [9.17, 15) is 0 Å². The lowest BCUT2D eigenvalue weighted by atomic mass is 10.0. The molecule has 11 heavy (non-hydrogen) atoms. The second-order valence-electron chi connectivity index (χ2n) is 4.08. The Morgan fingerprint density at radius 1 is 0.909 bits per heavy atom. The predicted molar refractivity (Wildman–Crippen MR) is 44.3 cm³/mol. The molecule has 2 heterocycles. The predicted octanol–water partition coefficient (Wildman–Crippen LogP) is 0.353. The maximum atomic E-state index is 2.64. The highest BCUT2D eigenvalue weighted by molar-refractivity contribution is 5.01. The topological polar surface area (TPSA) is 6.48 Å². The Hall–Kier alpha value is -0.0800. The van der Waals surface area contributed by atoms with Crippen LogP contribution < -0.4 is 0 Å². The van der Waals surface area contributed by atoms with Gasteiger partial charge in [-0.1, -0.05) is 0 Å². The maximum Gasteiger partial charge on any atom is 0.0350 e. The van der Waals surface area contributed by atoms with Gasteiger partial charge in [0.05, 0.1) is 0 Å². The number of hydrogen-bond acceptors (Lipinski definition) is 2. The van der Waals surface area contributed by atoms with Crippen LogP contribution in [0.3, 0.4) is 0 Å². The van der Waals surface area contributed by atoms with Gasteiger partial charge in [-0.15, -0.1) is 0 Å². The molecule has 2 aliphatic heterocycles. The van der Waals surface area contributed by atoms with E-state index >= 15 is 0 Å². The minimum atomic E-state index is 0.917. The van der Waals surface area contributed by atoms with Crippen LogP contribution >= 0.6 is 0 Å². The second-order valence-corrected chi connectivity index (χ2v) is 4.08. The molecule has 2 heteroatoms. The summed E-state index contributed by atoms with van der Waals surface area (Å²) in [6.07, 6.45) is 5.30. The summed E-state index contributed by atoms with van der Waals surface area (Å²) in [6.45, 7) is 5.23.